The van der Waals surface area contributed by atoms with Crippen molar-refractivity contribution in [1.29, 1.82) is 0 Å². The number of hydrogen-bond donors (Lipinski definition) is 0. The Morgan fingerprint density at radius 3 is 1.19 bits per heavy atom. The summed E-state index contributed by atoms with van der Waals surface area (Å²) in [6.07, 6.45) is 7.42. The molecule has 5 aromatic rings. The van der Waals surface area contributed by atoms with Gasteiger partial charge in [-0.2, -0.15) is 0 Å². The molecule has 0 spiro atoms. The van der Waals surface area contributed by atoms with Crippen LogP contribution in [0.15, 0.2) is 133 Å². The summed E-state index contributed by atoms with van der Waals surface area (Å²) in [4.78, 5) is 0. The lowest BCUT2D eigenvalue weighted by molar-refractivity contribution is -0.126. The van der Waals surface area contributed by atoms with E-state index in [0.29, 0.717) is 0 Å². The van der Waals surface area contributed by atoms with Crippen LogP contribution >= 0.6 is 0 Å². The largest absolute Gasteiger partial charge is 0.0622 e. The molecule has 232 valence electrons. The van der Waals surface area contributed by atoms with Crippen LogP contribution in [0.2, 0.25) is 0 Å². The predicted octanol–water partition coefficient (Wildman–Crippen LogP) is 10.5. The summed E-state index contributed by atoms with van der Waals surface area (Å²) in [5.74, 6) is 21.2. The van der Waals surface area contributed by atoms with Crippen LogP contribution in [-0.2, 0) is 10.8 Å². The van der Waals surface area contributed by atoms with Gasteiger partial charge in [0.2, 0.25) is 0 Å². The molecular formula is C48H40. The van der Waals surface area contributed by atoms with Crippen molar-refractivity contribution in [2.75, 3.05) is 0 Å². The summed E-state index contributed by atoms with van der Waals surface area (Å²) in [6, 6.07) is 47.0. The second kappa shape index (κ2) is 11.8. The first-order chi connectivity index (χ1) is 23.3. The van der Waals surface area contributed by atoms with Crippen molar-refractivity contribution >= 4 is 0 Å². The highest BCUT2D eigenvalue weighted by molar-refractivity contribution is 5.65. The quantitative estimate of drug-likeness (QED) is 0.173. The van der Waals surface area contributed by atoms with Gasteiger partial charge in [0.25, 0.3) is 0 Å². The van der Waals surface area contributed by atoms with Gasteiger partial charge in [-0.25, -0.2) is 0 Å². The molecule has 5 aromatic carbocycles. The van der Waals surface area contributed by atoms with E-state index in [4.69, 9.17) is 0 Å². The molecule has 0 amide bonds. The van der Waals surface area contributed by atoms with Gasteiger partial charge in [-0.15, -0.1) is 0 Å². The van der Waals surface area contributed by atoms with Gasteiger partial charge in [0.15, 0.2) is 0 Å². The first kappa shape index (κ1) is 30.1. The van der Waals surface area contributed by atoms with Gasteiger partial charge in [0, 0.05) is 27.8 Å². The lowest BCUT2D eigenvalue weighted by Gasteiger charge is -2.70. The molecule has 0 N–H and O–H groups in total. The third-order valence-corrected chi connectivity index (χ3v) is 11.1. The average molecular weight is 617 g/mol. The molecule has 4 saturated carbocycles. The van der Waals surface area contributed by atoms with E-state index in [1.807, 2.05) is 54.6 Å². The molecule has 0 aromatic heterocycles. The Morgan fingerprint density at radius 1 is 0.375 bits per heavy atom. The third-order valence-electron chi connectivity index (χ3n) is 11.1. The number of rotatable bonds is 2. The Morgan fingerprint density at radius 2 is 0.750 bits per heavy atom. The fourth-order valence-electron chi connectivity index (χ4n) is 10.4. The summed E-state index contributed by atoms with van der Waals surface area (Å²) in [7, 11) is 0. The van der Waals surface area contributed by atoms with Gasteiger partial charge >= 0.3 is 0 Å². The van der Waals surface area contributed by atoms with E-state index in [1.165, 1.54) is 49.7 Å². The topological polar surface area (TPSA) is 0 Å². The zero-order chi connectivity index (χ0) is 32.7. The Balaban J connectivity index is 1.35. The molecule has 4 bridgehead atoms. The minimum atomic E-state index is 0.0475. The van der Waals surface area contributed by atoms with Crippen molar-refractivity contribution in [2.45, 2.75) is 63.2 Å². The van der Waals surface area contributed by atoms with Gasteiger partial charge in [-0.1, -0.05) is 134 Å². The Kier molecular flexibility index (Phi) is 7.40. The fourth-order valence-corrected chi connectivity index (χ4v) is 10.4. The number of hydrogen-bond acceptors (Lipinski definition) is 0. The molecular weight excluding hydrogens is 577 g/mol. The Labute approximate surface area is 286 Å². The van der Waals surface area contributed by atoms with Crippen molar-refractivity contribution in [1.82, 2.24) is 0 Å². The molecule has 4 fully saturated rings. The highest BCUT2D eigenvalue weighted by Gasteiger charge is 2.66. The van der Waals surface area contributed by atoms with Crippen LogP contribution < -0.4 is 0 Å². The highest BCUT2D eigenvalue weighted by atomic mass is 14.7. The van der Waals surface area contributed by atoms with Crippen molar-refractivity contribution in [3.8, 4) is 35.5 Å². The van der Waals surface area contributed by atoms with E-state index in [9.17, 15) is 0 Å². The van der Waals surface area contributed by atoms with Gasteiger partial charge in [0.05, 0.1) is 5.56 Å². The molecule has 4 aliphatic carbocycles. The maximum Gasteiger partial charge on any atom is 0.0562 e. The SMILES string of the molecule is CC12CC3(C)CC(c4ccccc4)(C1)CC(c1cc(C#Cc4ccccc4)c(C#Cc4ccccc4)c(C#Cc4ccccc4)c1)(C2)C3. The maximum atomic E-state index is 3.62. The summed E-state index contributed by atoms with van der Waals surface area (Å²) >= 11 is 0. The van der Waals surface area contributed by atoms with Crippen molar-refractivity contribution in [2.24, 2.45) is 10.8 Å². The smallest absolute Gasteiger partial charge is 0.0562 e. The van der Waals surface area contributed by atoms with Crippen LogP contribution in [0.3, 0.4) is 0 Å². The lowest BCUT2D eigenvalue weighted by atomic mass is 9.34. The Hall–Kier alpha value is -5.22. The average Bonchev–Trinajstić information content (AvgIpc) is 3.09. The molecule has 0 saturated heterocycles. The van der Waals surface area contributed by atoms with E-state index in [1.54, 1.807) is 0 Å². The summed E-state index contributed by atoms with van der Waals surface area (Å²) in [6.45, 7) is 5.14. The molecule has 9 rings (SSSR count). The van der Waals surface area contributed by atoms with E-state index in [-0.39, 0.29) is 21.7 Å². The van der Waals surface area contributed by atoms with Gasteiger partial charge in [-0.3, -0.25) is 0 Å². The standard InChI is InChI=1S/C48H40/c1-45-31-46(2)33-47(32-45,42-21-13-6-14-22-42)36-48(34-45,35-46)43-29-40(26-23-37-15-7-3-8-16-37)44(28-25-39-19-11-5-12-20-39)41(30-43)27-24-38-17-9-4-10-18-38/h3-22,29-30H,31-36H2,1-2H3. The molecule has 48 heavy (non-hydrogen) atoms. The summed E-state index contributed by atoms with van der Waals surface area (Å²) in [5, 5.41) is 0. The molecule has 4 aliphatic rings. The van der Waals surface area contributed by atoms with Gasteiger partial charge < -0.3 is 0 Å². The van der Waals surface area contributed by atoms with Crippen LogP contribution in [-0.4, -0.2) is 0 Å². The van der Waals surface area contributed by atoms with E-state index >= 15 is 0 Å². The minimum absolute atomic E-state index is 0.0475. The van der Waals surface area contributed by atoms with Crippen molar-refractivity contribution in [3.63, 3.8) is 0 Å². The van der Waals surface area contributed by atoms with Crippen LogP contribution in [0, 0.1) is 46.4 Å². The van der Waals surface area contributed by atoms with Gasteiger partial charge in [0.1, 0.15) is 0 Å². The van der Waals surface area contributed by atoms with E-state index in [0.717, 1.165) is 33.4 Å². The number of benzene rings is 5. The van der Waals surface area contributed by atoms with Crippen molar-refractivity contribution in [3.05, 3.63) is 178 Å². The lowest BCUT2D eigenvalue weighted by Crippen LogP contribution is -2.62. The van der Waals surface area contributed by atoms with Crippen LogP contribution in [0.1, 0.15) is 96.9 Å². The Bertz CT molecular complexity index is 2060. The van der Waals surface area contributed by atoms with E-state index < -0.39 is 0 Å². The fraction of sp³-hybridized carbons (Fsp3) is 0.250. The minimum Gasteiger partial charge on any atom is -0.0622 e. The molecule has 0 heteroatoms. The third kappa shape index (κ3) is 5.77. The van der Waals surface area contributed by atoms with E-state index in [2.05, 4.69) is 128 Å². The molecule has 2 atom stereocenters. The summed E-state index contributed by atoms with van der Waals surface area (Å²) in [5.41, 5.74) is 9.54. The molecule has 0 nitrogen and oxygen atoms in total. The zero-order valence-electron chi connectivity index (χ0n) is 27.9. The second-order valence-corrected chi connectivity index (χ2v) is 15.4. The molecule has 2 unspecified atom stereocenters. The molecule has 0 heterocycles. The van der Waals surface area contributed by atoms with Crippen LogP contribution in [0.5, 0.6) is 0 Å². The van der Waals surface area contributed by atoms with Crippen molar-refractivity contribution < 1.29 is 0 Å². The summed E-state index contributed by atoms with van der Waals surface area (Å²) < 4.78 is 0. The molecule has 0 aliphatic heterocycles. The first-order valence-electron chi connectivity index (χ1n) is 17.3. The predicted molar refractivity (Wildman–Crippen MR) is 197 cm³/mol. The monoisotopic (exact) mass is 616 g/mol. The highest BCUT2D eigenvalue weighted by Crippen LogP contribution is 2.74. The maximum absolute atomic E-state index is 3.62. The molecule has 0 radical (unpaired) electrons. The van der Waals surface area contributed by atoms with Crippen LogP contribution in [0.25, 0.3) is 0 Å². The first-order valence-corrected chi connectivity index (χ1v) is 17.3. The normalized spacial score (nSPS) is 26.3. The second-order valence-electron chi connectivity index (χ2n) is 15.4. The zero-order valence-corrected chi connectivity index (χ0v) is 27.9. The van der Waals surface area contributed by atoms with Gasteiger partial charge in [-0.05, 0) is 120 Å². The van der Waals surface area contributed by atoms with Crippen LogP contribution in [0.4, 0.5) is 0 Å².